The molecule has 1 aromatic carbocycles. The van der Waals surface area contributed by atoms with E-state index in [1.807, 2.05) is 13.8 Å². The molecule has 0 fully saturated rings. The van der Waals surface area contributed by atoms with E-state index < -0.39 is 34.5 Å². The minimum atomic E-state index is -4.01. The number of pyridine rings is 1. The summed E-state index contributed by atoms with van der Waals surface area (Å²) in [5.41, 5.74) is 0.414. The van der Waals surface area contributed by atoms with E-state index in [1.54, 1.807) is 18.3 Å². The zero-order chi connectivity index (χ0) is 22.1. The molecular formula is C20H27N3O6S. The van der Waals surface area contributed by atoms with Gasteiger partial charge >= 0.3 is 5.97 Å². The highest BCUT2D eigenvalue weighted by Gasteiger charge is 2.24. The van der Waals surface area contributed by atoms with Gasteiger partial charge in [0.25, 0.3) is 0 Å². The van der Waals surface area contributed by atoms with Crippen molar-refractivity contribution in [3.05, 3.63) is 30.5 Å². The molecule has 2 aromatic rings. The van der Waals surface area contributed by atoms with Gasteiger partial charge in [0.2, 0.25) is 15.9 Å². The van der Waals surface area contributed by atoms with Gasteiger partial charge in [0.15, 0.2) is 0 Å². The van der Waals surface area contributed by atoms with Gasteiger partial charge in [-0.3, -0.25) is 9.78 Å². The molecule has 1 heterocycles. The van der Waals surface area contributed by atoms with Gasteiger partial charge < -0.3 is 14.8 Å². The van der Waals surface area contributed by atoms with E-state index in [2.05, 4.69) is 15.0 Å². The van der Waals surface area contributed by atoms with Crippen LogP contribution in [0.3, 0.4) is 0 Å². The number of hydrogen-bond donors (Lipinski definition) is 2. The highest BCUT2D eigenvalue weighted by molar-refractivity contribution is 7.89. The maximum Gasteiger partial charge on any atom is 0.328 e. The summed E-state index contributed by atoms with van der Waals surface area (Å²) < 4.78 is 38.1. The summed E-state index contributed by atoms with van der Waals surface area (Å²) in [6.45, 7) is 3.68. The van der Waals surface area contributed by atoms with Crippen LogP contribution >= 0.6 is 0 Å². The first-order valence-electron chi connectivity index (χ1n) is 9.71. The van der Waals surface area contributed by atoms with Crippen LogP contribution in [-0.2, 0) is 24.3 Å². The van der Waals surface area contributed by atoms with E-state index in [9.17, 15) is 18.0 Å². The quantitative estimate of drug-likeness (QED) is 0.513. The van der Waals surface area contributed by atoms with Crippen molar-refractivity contribution in [2.75, 3.05) is 20.3 Å². The lowest BCUT2D eigenvalue weighted by Gasteiger charge is -2.16. The summed E-state index contributed by atoms with van der Waals surface area (Å²) in [5.74, 6) is -0.719. The van der Waals surface area contributed by atoms with E-state index in [-0.39, 0.29) is 4.90 Å². The number of carbonyl (C=O) groups is 2. The SMILES string of the molecule is CCCCC(NC(=O)CNS(=O)(=O)c1ccc(OCC)c2ncccc12)C(=O)OC. The Bertz CT molecular complexity index is 993. The second-order valence-electron chi connectivity index (χ2n) is 6.50. The number of nitrogens with zero attached hydrogens (tertiary/aromatic N) is 1. The topological polar surface area (TPSA) is 124 Å². The number of unbranched alkanes of at least 4 members (excludes halogenated alkanes) is 1. The lowest BCUT2D eigenvalue weighted by atomic mass is 10.1. The van der Waals surface area contributed by atoms with E-state index >= 15 is 0 Å². The van der Waals surface area contributed by atoms with Crippen molar-refractivity contribution in [3.63, 3.8) is 0 Å². The van der Waals surface area contributed by atoms with Gasteiger partial charge in [-0.2, -0.15) is 0 Å². The van der Waals surface area contributed by atoms with Crippen molar-refractivity contribution in [1.29, 1.82) is 0 Å². The van der Waals surface area contributed by atoms with E-state index in [0.29, 0.717) is 29.7 Å². The Morgan fingerprint density at radius 2 is 1.97 bits per heavy atom. The predicted molar refractivity (Wildman–Crippen MR) is 112 cm³/mol. The van der Waals surface area contributed by atoms with Crippen molar-refractivity contribution in [3.8, 4) is 5.75 Å². The zero-order valence-electron chi connectivity index (χ0n) is 17.3. The Morgan fingerprint density at radius 1 is 1.20 bits per heavy atom. The lowest BCUT2D eigenvalue weighted by molar-refractivity contribution is -0.145. The fraction of sp³-hybridized carbons (Fsp3) is 0.450. The van der Waals surface area contributed by atoms with Crippen LogP contribution in [0, 0.1) is 0 Å². The number of carbonyl (C=O) groups excluding carboxylic acids is 2. The first kappa shape index (κ1) is 23.6. The van der Waals surface area contributed by atoms with Gasteiger partial charge in [0.1, 0.15) is 17.3 Å². The fourth-order valence-electron chi connectivity index (χ4n) is 2.91. The second-order valence-corrected chi connectivity index (χ2v) is 8.24. The molecule has 9 nitrogen and oxygen atoms in total. The van der Waals surface area contributed by atoms with Crippen LogP contribution in [0.25, 0.3) is 10.9 Å². The highest BCUT2D eigenvalue weighted by atomic mass is 32.2. The average molecular weight is 438 g/mol. The van der Waals surface area contributed by atoms with Crippen LogP contribution in [0.4, 0.5) is 0 Å². The normalized spacial score (nSPS) is 12.4. The first-order valence-corrected chi connectivity index (χ1v) is 11.2. The molecule has 0 saturated carbocycles. The molecule has 164 valence electrons. The number of benzene rings is 1. The van der Waals surface area contributed by atoms with Crippen LogP contribution in [-0.4, -0.2) is 51.6 Å². The molecule has 2 N–H and O–H groups in total. The summed E-state index contributed by atoms with van der Waals surface area (Å²) in [6.07, 6.45) is 3.52. The van der Waals surface area contributed by atoms with Crippen molar-refractivity contribution >= 4 is 32.8 Å². The van der Waals surface area contributed by atoms with Gasteiger partial charge in [0, 0.05) is 11.6 Å². The molecule has 0 saturated heterocycles. The number of rotatable bonds is 11. The maximum absolute atomic E-state index is 12.8. The number of fused-ring (bicyclic) bond motifs is 1. The largest absolute Gasteiger partial charge is 0.492 e. The molecule has 2 rings (SSSR count). The third-order valence-electron chi connectivity index (χ3n) is 4.37. The summed E-state index contributed by atoms with van der Waals surface area (Å²) >= 11 is 0. The number of aromatic nitrogens is 1. The summed E-state index contributed by atoms with van der Waals surface area (Å²) in [7, 11) is -2.78. The molecular weight excluding hydrogens is 410 g/mol. The van der Waals surface area contributed by atoms with Crippen LogP contribution < -0.4 is 14.8 Å². The molecule has 0 spiro atoms. The standard InChI is InChI=1S/C20H27N3O6S/c1-4-6-9-15(20(25)28-3)23-18(24)13-22-30(26,27)17-11-10-16(29-5-2)19-14(17)8-7-12-21-19/h7-8,10-12,15,22H,4-6,9,13H2,1-3H3,(H,23,24). The van der Waals surface area contributed by atoms with Crippen molar-refractivity contribution in [2.24, 2.45) is 0 Å². The lowest BCUT2D eigenvalue weighted by Crippen LogP contribution is -2.45. The molecule has 0 aliphatic rings. The monoisotopic (exact) mass is 437 g/mol. The van der Waals surface area contributed by atoms with Gasteiger partial charge in [-0.15, -0.1) is 0 Å². The highest BCUT2D eigenvalue weighted by Crippen LogP contribution is 2.29. The Hall–Kier alpha value is -2.72. The number of esters is 1. The molecule has 30 heavy (non-hydrogen) atoms. The van der Waals surface area contributed by atoms with Crippen molar-refractivity contribution in [1.82, 2.24) is 15.0 Å². The van der Waals surface area contributed by atoms with Crippen LogP contribution in [0.2, 0.25) is 0 Å². The zero-order valence-corrected chi connectivity index (χ0v) is 18.1. The number of ether oxygens (including phenoxy) is 2. The van der Waals surface area contributed by atoms with Gasteiger partial charge in [-0.1, -0.05) is 19.8 Å². The summed E-state index contributed by atoms with van der Waals surface area (Å²) in [6, 6.07) is 5.37. The average Bonchev–Trinajstić information content (AvgIpc) is 2.75. The number of methoxy groups -OCH3 is 1. The maximum atomic E-state index is 12.8. The summed E-state index contributed by atoms with van der Waals surface area (Å²) in [4.78, 5) is 28.3. The fourth-order valence-corrected chi connectivity index (χ4v) is 4.09. The second kappa shape index (κ2) is 10.9. The Kier molecular flexibility index (Phi) is 8.55. The minimum Gasteiger partial charge on any atom is -0.492 e. The van der Waals surface area contributed by atoms with Crippen LogP contribution in [0.1, 0.15) is 33.1 Å². The third-order valence-corrected chi connectivity index (χ3v) is 5.83. The molecule has 0 aliphatic heterocycles. The smallest absolute Gasteiger partial charge is 0.328 e. The van der Waals surface area contributed by atoms with E-state index in [0.717, 1.165) is 12.8 Å². The molecule has 0 aliphatic carbocycles. The molecule has 1 amide bonds. The molecule has 1 atom stereocenters. The van der Waals surface area contributed by atoms with Gasteiger partial charge in [-0.25, -0.2) is 17.9 Å². The molecule has 1 aromatic heterocycles. The molecule has 0 radical (unpaired) electrons. The number of sulfonamides is 1. The summed E-state index contributed by atoms with van der Waals surface area (Å²) in [5, 5.41) is 2.90. The van der Waals surface area contributed by atoms with Crippen molar-refractivity contribution < 1.29 is 27.5 Å². The van der Waals surface area contributed by atoms with Gasteiger partial charge in [-0.05, 0) is 37.6 Å². The number of amides is 1. The number of nitrogens with one attached hydrogen (secondary N) is 2. The predicted octanol–water partition coefficient (Wildman–Crippen LogP) is 1.76. The third kappa shape index (κ3) is 5.90. The molecule has 1 unspecified atom stereocenters. The van der Waals surface area contributed by atoms with E-state index in [4.69, 9.17) is 9.47 Å². The van der Waals surface area contributed by atoms with Crippen LogP contribution in [0.5, 0.6) is 5.75 Å². The Morgan fingerprint density at radius 3 is 2.63 bits per heavy atom. The molecule has 10 heteroatoms. The van der Waals surface area contributed by atoms with E-state index in [1.165, 1.54) is 19.2 Å². The Labute approximate surface area is 176 Å². The minimum absolute atomic E-state index is 0.0163. The van der Waals surface area contributed by atoms with Gasteiger partial charge in [0.05, 0.1) is 25.2 Å². The van der Waals surface area contributed by atoms with Crippen molar-refractivity contribution in [2.45, 2.75) is 44.0 Å². The van der Waals surface area contributed by atoms with Crippen LogP contribution in [0.15, 0.2) is 35.4 Å². The Balaban J connectivity index is 2.16. The molecule has 0 bridgehead atoms. The first-order chi connectivity index (χ1) is 14.3. The number of hydrogen-bond acceptors (Lipinski definition) is 7.